The number of aryl methyl sites for hydroxylation is 1. The molecule has 0 spiro atoms. The molecule has 2 N–H and O–H groups in total. The molecule has 1 heterocycles. The van der Waals surface area contributed by atoms with E-state index in [1.807, 2.05) is 0 Å². The quantitative estimate of drug-likeness (QED) is 0.700. The molecule has 0 aromatic carbocycles. The van der Waals surface area contributed by atoms with Crippen LogP contribution in [0.4, 0.5) is 0 Å². The molecule has 0 bridgehead atoms. The van der Waals surface area contributed by atoms with Gasteiger partial charge in [-0.1, -0.05) is 0 Å². The topological polar surface area (TPSA) is 58.3 Å². The molecule has 1 aromatic heterocycles. The molecule has 5 heteroatoms. The van der Waals surface area contributed by atoms with Crippen molar-refractivity contribution in [3.63, 3.8) is 0 Å². The van der Waals surface area contributed by atoms with E-state index in [1.54, 1.807) is 17.9 Å². The molecule has 13 heavy (non-hydrogen) atoms. The van der Waals surface area contributed by atoms with Gasteiger partial charge in [-0.25, -0.2) is 4.98 Å². The van der Waals surface area contributed by atoms with Crippen molar-refractivity contribution in [3.8, 4) is 0 Å². The monoisotopic (exact) mass is 204 g/mol. The second-order valence-corrected chi connectivity index (χ2v) is 3.30. The number of halogens is 1. The molecular formula is C8H13ClN2O2. The predicted molar refractivity (Wildman–Crippen MR) is 49.5 cm³/mol. The summed E-state index contributed by atoms with van der Waals surface area (Å²) in [4.78, 5) is 3.84. The number of rotatable bonds is 4. The Labute approximate surface area is 81.8 Å². The van der Waals surface area contributed by atoms with E-state index in [1.165, 1.54) is 6.20 Å². The second-order valence-electron chi connectivity index (χ2n) is 2.92. The summed E-state index contributed by atoms with van der Waals surface area (Å²) in [7, 11) is 1.76. The minimum absolute atomic E-state index is 0.329. The highest BCUT2D eigenvalue weighted by Gasteiger charge is 2.19. The van der Waals surface area contributed by atoms with E-state index in [4.69, 9.17) is 11.6 Å². The minimum Gasteiger partial charge on any atom is -0.390 e. The van der Waals surface area contributed by atoms with Crippen LogP contribution < -0.4 is 0 Å². The summed E-state index contributed by atoms with van der Waals surface area (Å²) in [6.45, 7) is 0. The summed E-state index contributed by atoms with van der Waals surface area (Å²) in [6.07, 6.45) is 1.74. The number of hydrogen-bond donors (Lipinski definition) is 2. The fourth-order valence-electron chi connectivity index (χ4n) is 1.12. The van der Waals surface area contributed by atoms with Gasteiger partial charge in [-0.3, -0.25) is 0 Å². The third-order valence-corrected chi connectivity index (χ3v) is 2.14. The maximum Gasteiger partial charge on any atom is 0.121 e. The Morgan fingerprint density at radius 2 is 2.31 bits per heavy atom. The Balaban J connectivity index is 2.67. The highest BCUT2D eigenvalue weighted by atomic mass is 35.5. The summed E-state index contributed by atoms with van der Waals surface area (Å²) in [5.74, 6) is 0.329. The zero-order valence-corrected chi connectivity index (χ0v) is 8.15. The minimum atomic E-state index is -0.911. The zero-order chi connectivity index (χ0) is 9.84. The van der Waals surface area contributed by atoms with Gasteiger partial charge in [0.25, 0.3) is 0 Å². The molecule has 0 amide bonds. The van der Waals surface area contributed by atoms with Crippen LogP contribution >= 0.6 is 11.6 Å². The Bertz CT molecular complexity index is 264. The molecule has 1 aromatic rings. The molecule has 0 aliphatic rings. The first-order valence-electron chi connectivity index (χ1n) is 4.05. The van der Waals surface area contributed by atoms with Crippen LogP contribution in [0, 0.1) is 0 Å². The molecule has 0 aliphatic heterocycles. The van der Waals surface area contributed by atoms with Gasteiger partial charge in [0.15, 0.2) is 0 Å². The van der Waals surface area contributed by atoms with Crippen molar-refractivity contribution in [1.82, 2.24) is 9.55 Å². The lowest BCUT2D eigenvalue weighted by atomic mass is 10.1. The SMILES string of the molecule is Cn1cncc1C(O)C(O)CCCl. The second kappa shape index (κ2) is 4.60. The van der Waals surface area contributed by atoms with Crippen LogP contribution in [0.15, 0.2) is 12.5 Å². The van der Waals surface area contributed by atoms with Crippen molar-refractivity contribution in [2.24, 2.45) is 7.05 Å². The van der Waals surface area contributed by atoms with Crippen LogP contribution in [-0.4, -0.2) is 31.7 Å². The number of nitrogens with zero attached hydrogens (tertiary/aromatic N) is 2. The summed E-state index contributed by atoms with van der Waals surface area (Å²) in [6, 6.07) is 0. The molecule has 0 fully saturated rings. The summed E-state index contributed by atoms with van der Waals surface area (Å²) in [5.41, 5.74) is 0.595. The van der Waals surface area contributed by atoms with Crippen LogP contribution in [0.3, 0.4) is 0 Å². The lowest BCUT2D eigenvalue weighted by Crippen LogP contribution is -2.20. The standard InChI is InChI=1S/C8H13ClN2O2/c1-11-5-10-4-6(11)8(13)7(12)2-3-9/h4-5,7-8,12-13H,2-3H2,1H3. The van der Waals surface area contributed by atoms with Gasteiger partial charge in [-0.15, -0.1) is 11.6 Å². The van der Waals surface area contributed by atoms with E-state index >= 15 is 0 Å². The van der Waals surface area contributed by atoms with Crippen LogP contribution in [0.2, 0.25) is 0 Å². The third-order valence-electron chi connectivity index (χ3n) is 1.93. The van der Waals surface area contributed by atoms with Gasteiger partial charge in [-0.2, -0.15) is 0 Å². The Kier molecular flexibility index (Phi) is 3.71. The van der Waals surface area contributed by atoms with Crippen molar-refractivity contribution in [3.05, 3.63) is 18.2 Å². The van der Waals surface area contributed by atoms with Crippen molar-refractivity contribution in [1.29, 1.82) is 0 Å². The fourth-order valence-corrected chi connectivity index (χ4v) is 1.34. The van der Waals surface area contributed by atoms with E-state index < -0.39 is 12.2 Å². The van der Waals surface area contributed by atoms with Crippen LogP contribution in [0.25, 0.3) is 0 Å². The van der Waals surface area contributed by atoms with Gasteiger partial charge >= 0.3 is 0 Å². The number of aliphatic hydroxyl groups is 2. The van der Waals surface area contributed by atoms with Gasteiger partial charge in [0.1, 0.15) is 6.10 Å². The van der Waals surface area contributed by atoms with Gasteiger partial charge in [0, 0.05) is 12.9 Å². The smallest absolute Gasteiger partial charge is 0.121 e. The van der Waals surface area contributed by atoms with E-state index in [-0.39, 0.29) is 0 Å². The maximum absolute atomic E-state index is 9.62. The van der Waals surface area contributed by atoms with Crippen molar-refractivity contribution >= 4 is 11.6 Å². The molecule has 2 atom stereocenters. The van der Waals surface area contributed by atoms with Crippen LogP contribution in [0.5, 0.6) is 0 Å². The molecule has 0 saturated carbocycles. The van der Waals surface area contributed by atoms with Crippen LogP contribution in [0.1, 0.15) is 18.2 Å². The fraction of sp³-hybridized carbons (Fsp3) is 0.625. The first-order chi connectivity index (χ1) is 6.16. The normalized spacial score (nSPS) is 15.7. The predicted octanol–water partition coefficient (Wildman–Crippen LogP) is 0.443. The van der Waals surface area contributed by atoms with Crippen LogP contribution in [-0.2, 0) is 7.05 Å². The molecule has 2 unspecified atom stereocenters. The summed E-state index contributed by atoms with van der Waals surface area (Å²) in [5, 5.41) is 19.1. The van der Waals surface area contributed by atoms with E-state index in [9.17, 15) is 10.2 Å². The number of aliphatic hydroxyl groups excluding tert-OH is 2. The highest BCUT2D eigenvalue weighted by Crippen LogP contribution is 2.17. The lowest BCUT2D eigenvalue weighted by molar-refractivity contribution is 0.0128. The van der Waals surface area contributed by atoms with Crippen molar-refractivity contribution < 1.29 is 10.2 Å². The van der Waals surface area contributed by atoms with E-state index in [0.29, 0.717) is 18.0 Å². The van der Waals surface area contributed by atoms with Crippen molar-refractivity contribution in [2.75, 3.05) is 5.88 Å². The van der Waals surface area contributed by atoms with Crippen molar-refractivity contribution in [2.45, 2.75) is 18.6 Å². The van der Waals surface area contributed by atoms with Gasteiger partial charge in [0.05, 0.1) is 24.3 Å². The molecule has 4 nitrogen and oxygen atoms in total. The molecule has 0 radical (unpaired) electrons. The highest BCUT2D eigenvalue weighted by molar-refractivity contribution is 6.17. The molecular weight excluding hydrogens is 192 g/mol. The summed E-state index contributed by atoms with van der Waals surface area (Å²) >= 11 is 5.45. The molecule has 0 aliphatic carbocycles. The van der Waals surface area contributed by atoms with E-state index in [0.717, 1.165) is 0 Å². The number of alkyl halides is 1. The molecule has 0 saturated heterocycles. The number of aromatic nitrogens is 2. The van der Waals surface area contributed by atoms with Gasteiger partial charge in [-0.05, 0) is 6.42 Å². The maximum atomic E-state index is 9.62. The van der Waals surface area contributed by atoms with Gasteiger partial charge in [0.2, 0.25) is 0 Å². The average Bonchev–Trinajstić information content (AvgIpc) is 2.50. The van der Waals surface area contributed by atoms with E-state index in [2.05, 4.69) is 4.98 Å². The molecule has 74 valence electrons. The zero-order valence-electron chi connectivity index (χ0n) is 7.39. The first kappa shape index (κ1) is 10.5. The Hall–Kier alpha value is -0.580. The first-order valence-corrected chi connectivity index (χ1v) is 4.58. The number of imidazole rings is 1. The molecule has 1 rings (SSSR count). The summed E-state index contributed by atoms with van der Waals surface area (Å²) < 4.78 is 1.67. The number of hydrogen-bond acceptors (Lipinski definition) is 3. The average molecular weight is 205 g/mol. The Morgan fingerprint density at radius 3 is 2.77 bits per heavy atom. The lowest BCUT2D eigenvalue weighted by Gasteiger charge is -2.16. The van der Waals surface area contributed by atoms with Gasteiger partial charge < -0.3 is 14.8 Å². The third kappa shape index (κ3) is 2.43. The Morgan fingerprint density at radius 1 is 1.62 bits per heavy atom. The largest absolute Gasteiger partial charge is 0.390 e.